The molecule has 2 atom stereocenters. The highest BCUT2D eigenvalue weighted by Gasteiger charge is 2.37. The van der Waals surface area contributed by atoms with Gasteiger partial charge in [0, 0.05) is 19.8 Å². The Morgan fingerprint density at radius 2 is 1.83 bits per heavy atom. The number of carbonyl (C=O) groups excluding carboxylic acids is 1. The van der Waals surface area contributed by atoms with E-state index in [9.17, 15) is 9.35 Å². The number of hydrogen-bond donors (Lipinski definition) is 2. The normalized spacial score (nSPS) is 17.0. The second-order valence-electron chi connectivity index (χ2n) is 7.12. The number of aromatic nitrogens is 2. The van der Waals surface area contributed by atoms with Gasteiger partial charge in [-0.3, -0.25) is 4.79 Å². The van der Waals surface area contributed by atoms with Crippen molar-refractivity contribution in [2.24, 2.45) is 5.14 Å². The summed E-state index contributed by atoms with van der Waals surface area (Å²) in [6.07, 6.45) is 1.64. The van der Waals surface area contributed by atoms with Crippen molar-refractivity contribution >= 4 is 40.4 Å². The van der Waals surface area contributed by atoms with Gasteiger partial charge in [0.2, 0.25) is 5.95 Å². The maximum Gasteiger partial charge on any atom is 0.254 e. The molecule has 3 aromatic rings. The molecule has 0 saturated heterocycles. The SMILES string of the molecule is Cc1ccccc1C1C(=O)N(C)c2cnc(Nc3ccc([S+](N)[O-])cc3)nc2N1C. The summed E-state index contributed by atoms with van der Waals surface area (Å²) in [5, 5.41) is 8.53. The molecule has 1 aliphatic heterocycles. The quantitative estimate of drug-likeness (QED) is 0.622. The molecule has 1 amide bonds. The molecule has 0 fully saturated rings. The van der Waals surface area contributed by atoms with Gasteiger partial charge in [-0.2, -0.15) is 4.98 Å². The average Bonchev–Trinajstić information content (AvgIpc) is 2.74. The standard InChI is InChI=1S/C21H22N6O2S/c1-13-6-4-5-7-16(13)18-20(28)26(2)17-12-23-21(25-19(17)27(18)3)24-14-8-10-15(11-9-14)30(22)29/h4-12,18H,22H2,1-3H3,(H,23,24,25). The van der Waals surface area contributed by atoms with Crippen molar-refractivity contribution in [3.05, 3.63) is 65.9 Å². The minimum atomic E-state index is -1.53. The van der Waals surface area contributed by atoms with E-state index in [-0.39, 0.29) is 5.91 Å². The van der Waals surface area contributed by atoms with Crippen molar-refractivity contribution in [3.63, 3.8) is 0 Å². The van der Waals surface area contributed by atoms with Crippen molar-refractivity contribution in [3.8, 4) is 0 Å². The molecule has 1 aromatic heterocycles. The number of anilines is 4. The first kappa shape index (κ1) is 20.1. The van der Waals surface area contributed by atoms with Gasteiger partial charge in [0.15, 0.2) is 10.7 Å². The van der Waals surface area contributed by atoms with Crippen molar-refractivity contribution in [1.82, 2.24) is 9.97 Å². The van der Waals surface area contributed by atoms with Crippen molar-refractivity contribution < 1.29 is 9.35 Å². The molecule has 0 aliphatic carbocycles. The van der Waals surface area contributed by atoms with Crippen LogP contribution in [0.1, 0.15) is 17.2 Å². The summed E-state index contributed by atoms with van der Waals surface area (Å²) < 4.78 is 11.3. The molecule has 2 heterocycles. The minimum absolute atomic E-state index is 0.0333. The predicted octanol–water partition coefficient (Wildman–Crippen LogP) is 2.66. The van der Waals surface area contributed by atoms with Crippen LogP contribution in [0.5, 0.6) is 0 Å². The summed E-state index contributed by atoms with van der Waals surface area (Å²) in [7, 11) is 3.60. The number of likely N-dealkylation sites (N-methyl/N-ethyl adjacent to an activating group) is 2. The average molecular weight is 423 g/mol. The number of carbonyl (C=O) groups is 1. The number of nitrogens with two attached hydrogens (primary N) is 1. The Labute approximate surface area is 178 Å². The predicted molar refractivity (Wildman–Crippen MR) is 118 cm³/mol. The molecule has 0 spiro atoms. The Kier molecular flexibility index (Phi) is 5.33. The zero-order valence-corrected chi connectivity index (χ0v) is 17.7. The molecule has 30 heavy (non-hydrogen) atoms. The highest BCUT2D eigenvalue weighted by Crippen LogP contribution is 2.39. The maximum atomic E-state index is 13.1. The molecular formula is C21H22N6O2S. The van der Waals surface area contributed by atoms with E-state index in [1.165, 1.54) is 0 Å². The summed E-state index contributed by atoms with van der Waals surface area (Å²) in [4.78, 5) is 26.1. The number of rotatable bonds is 4. The third kappa shape index (κ3) is 3.58. The summed E-state index contributed by atoms with van der Waals surface area (Å²) >= 11 is -1.53. The second-order valence-corrected chi connectivity index (χ2v) is 8.18. The summed E-state index contributed by atoms with van der Waals surface area (Å²) in [5.41, 5.74) is 3.37. The first-order valence-corrected chi connectivity index (χ1v) is 10.5. The maximum absolute atomic E-state index is 13.1. The lowest BCUT2D eigenvalue weighted by Gasteiger charge is -2.39. The molecule has 2 unspecified atom stereocenters. The molecule has 154 valence electrons. The summed E-state index contributed by atoms with van der Waals surface area (Å²) in [6.45, 7) is 2.00. The lowest BCUT2D eigenvalue weighted by atomic mass is 9.97. The molecule has 0 saturated carbocycles. The molecule has 3 N–H and O–H groups in total. The van der Waals surface area contributed by atoms with Crippen LogP contribution < -0.4 is 20.3 Å². The lowest BCUT2D eigenvalue weighted by molar-refractivity contribution is -0.120. The van der Waals surface area contributed by atoms with Crippen molar-refractivity contribution in [1.29, 1.82) is 0 Å². The molecule has 0 radical (unpaired) electrons. The molecule has 4 rings (SSSR count). The number of amides is 1. The van der Waals surface area contributed by atoms with Crippen LogP contribution >= 0.6 is 0 Å². The van der Waals surface area contributed by atoms with Gasteiger partial charge in [-0.1, -0.05) is 24.3 Å². The van der Waals surface area contributed by atoms with Crippen LogP contribution in [0, 0.1) is 6.92 Å². The topological polar surface area (TPSA) is 110 Å². The van der Waals surface area contributed by atoms with E-state index in [0.29, 0.717) is 22.3 Å². The fourth-order valence-corrected chi connectivity index (χ4v) is 3.95. The van der Waals surface area contributed by atoms with Gasteiger partial charge in [-0.05, 0) is 42.3 Å². The fourth-order valence-electron chi connectivity index (χ4n) is 3.55. The van der Waals surface area contributed by atoms with Gasteiger partial charge >= 0.3 is 0 Å². The highest BCUT2D eigenvalue weighted by molar-refractivity contribution is 7.89. The zero-order valence-electron chi connectivity index (χ0n) is 16.9. The van der Waals surface area contributed by atoms with Crippen LogP contribution in [0.2, 0.25) is 0 Å². The summed E-state index contributed by atoms with van der Waals surface area (Å²) in [5.74, 6) is 1.02. The van der Waals surface area contributed by atoms with E-state index >= 15 is 0 Å². The Morgan fingerprint density at radius 3 is 2.50 bits per heavy atom. The van der Waals surface area contributed by atoms with Crippen LogP contribution in [0.3, 0.4) is 0 Å². The van der Waals surface area contributed by atoms with Crippen molar-refractivity contribution in [2.45, 2.75) is 17.9 Å². The molecular weight excluding hydrogens is 400 g/mol. The van der Waals surface area contributed by atoms with Gasteiger partial charge in [0.25, 0.3) is 5.91 Å². The lowest BCUT2D eigenvalue weighted by Crippen LogP contribution is -2.45. The van der Waals surface area contributed by atoms with Crippen LogP contribution in [0.25, 0.3) is 0 Å². The Hall–Kier alpha value is -3.14. The van der Waals surface area contributed by atoms with Crippen molar-refractivity contribution in [2.75, 3.05) is 29.2 Å². The number of hydrogen-bond acceptors (Lipinski definition) is 7. The third-order valence-electron chi connectivity index (χ3n) is 5.22. The van der Waals surface area contributed by atoms with Gasteiger partial charge in [0.1, 0.15) is 11.7 Å². The number of aryl methyl sites for hydroxylation is 1. The largest absolute Gasteiger partial charge is 0.593 e. The molecule has 0 bridgehead atoms. The monoisotopic (exact) mass is 422 g/mol. The second kappa shape index (κ2) is 7.94. The Balaban J connectivity index is 1.67. The minimum Gasteiger partial charge on any atom is -0.593 e. The van der Waals surface area contributed by atoms with Gasteiger partial charge in [0.05, 0.1) is 17.6 Å². The fraction of sp³-hybridized carbons (Fsp3) is 0.190. The number of fused-ring (bicyclic) bond motifs is 1. The van der Waals surface area contributed by atoms with E-state index in [2.05, 4.69) is 15.3 Å². The third-order valence-corrected chi connectivity index (χ3v) is 5.96. The number of benzene rings is 2. The first-order chi connectivity index (χ1) is 14.4. The number of nitrogens with one attached hydrogen (secondary N) is 1. The molecule has 2 aromatic carbocycles. The van der Waals surface area contributed by atoms with Gasteiger partial charge in [-0.25, -0.2) is 4.98 Å². The smallest absolute Gasteiger partial charge is 0.254 e. The van der Waals surface area contributed by atoms with E-state index in [1.54, 1.807) is 42.4 Å². The van der Waals surface area contributed by atoms with Crippen LogP contribution in [-0.4, -0.2) is 34.5 Å². The number of nitrogens with zero attached hydrogens (tertiary/aromatic N) is 4. The molecule has 9 heteroatoms. The Morgan fingerprint density at radius 1 is 1.13 bits per heavy atom. The molecule has 8 nitrogen and oxygen atoms in total. The first-order valence-electron chi connectivity index (χ1n) is 9.33. The highest BCUT2D eigenvalue weighted by atomic mass is 32.2. The Bertz CT molecular complexity index is 1090. The zero-order chi connectivity index (χ0) is 21.4. The van der Waals surface area contributed by atoms with E-state index in [4.69, 9.17) is 5.14 Å². The van der Waals surface area contributed by atoms with Gasteiger partial charge in [-0.15, -0.1) is 5.14 Å². The van der Waals surface area contributed by atoms with E-state index in [1.807, 2.05) is 43.1 Å². The van der Waals surface area contributed by atoms with Crippen LogP contribution in [-0.2, 0) is 16.2 Å². The van der Waals surface area contributed by atoms with E-state index in [0.717, 1.165) is 16.8 Å². The van der Waals surface area contributed by atoms with Crippen LogP contribution in [0.4, 0.5) is 23.1 Å². The van der Waals surface area contributed by atoms with E-state index < -0.39 is 17.4 Å². The van der Waals surface area contributed by atoms with Gasteiger partial charge < -0.3 is 19.7 Å². The van der Waals surface area contributed by atoms with Crippen LogP contribution in [0.15, 0.2) is 59.6 Å². The molecule has 1 aliphatic rings. The summed E-state index contributed by atoms with van der Waals surface area (Å²) in [6, 6.07) is 14.3.